The number of aryl methyl sites for hydroxylation is 1. The lowest BCUT2D eigenvalue weighted by Gasteiger charge is -2.03. The molecule has 0 bridgehead atoms. The van der Waals surface area contributed by atoms with Crippen LogP contribution in [0, 0.1) is 6.92 Å². The molecule has 0 saturated heterocycles. The third-order valence-electron chi connectivity index (χ3n) is 1.90. The first-order chi connectivity index (χ1) is 7.24. The number of aromatic nitrogens is 2. The summed E-state index contributed by atoms with van der Waals surface area (Å²) in [6.45, 7) is 2.29. The molecule has 0 aliphatic heterocycles. The molecule has 5 heteroatoms. The molecule has 1 aromatic heterocycles. The Bertz CT molecular complexity index is 452. The quantitative estimate of drug-likeness (QED) is 0.742. The van der Waals surface area contributed by atoms with Crippen LogP contribution in [0.15, 0.2) is 28.8 Å². The van der Waals surface area contributed by atoms with E-state index in [1.54, 1.807) is 6.92 Å². The van der Waals surface area contributed by atoms with E-state index in [0.29, 0.717) is 18.3 Å². The Hall–Kier alpha value is -2.04. The summed E-state index contributed by atoms with van der Waals surface area (Å²) in [5, 5.41) is 6.83. The maximum Gasteiger partial charge on any atom is 0.245 e. The van der Waals surface area contributed by atoms with E-state index in [1.807, 2.05) is 24.3 Å². The molecule has 0 radical (unpaired) electrons. The second kappa shape index (κ2) is 4.00. The van der Waals surface area contributed by atoms with Gasteiger partial charge >= 0.3 is 0 Å². The minimum Gasteiger partial charge on any atom is -0.399 e. The average Bonchev–Trinajstić information content (AvgIpc) is 2.62. The maximum atomic E-state index is 5.64. The zero-order valence-electron chi connectivity index (χ0n) is 8.40. The molecule has 0 amide bonds. The van der Waals surface area contributed by atoms with Gasteiger partial charge in [0.25, 0.3) is 0 Å². The first kappa shape index (κ1) is 9.51. The average molecular weight is 204 g/mol. The fourth-order valence-corrected chi connectivity index (χ4v) is 1.24. The van der Waals surface area contributed by atoms with Crippen LogP contribution in [0.2, 0.25) is 0 Å². The molecule has 78 valence electrons. The van der Waals surface area contributed by atoms with Crippen molar-refractivity contribution < 1.29 is 4.52 Å². The normalized spacial score (nSPS) is 10.2. The first-order valence-corrected chi connectivity index (χ1v) is 4.62. The fraction of sp³-hybridized carbons (Fsp3) is 0.200. The highest BCUT2D eigenvalue weighted by Gasteiger charge is 2.01. The Kier molecular flexibility index (Phi) is 2.53. The number of hydrogen-bond acceptors (Lipinski definition) is 5. The van der Waals surface area contributed by atoms with E-state index in [0.717, 1.165) is 11.4 Å². The van der Waals surface area contributed by atoms with E-state index in [4.69, 9.17) is 10.3 Å². The van der Waals surface area contributed by atoms with Gasteiger partial charge < -0.3 is 15.6 Å². The molecular weight excluding hydrogens is 192 g/mol. The number of nitrogens with two attached hydrogens (primary N) is 1. The van der Waals surface area contributed by atoms with Crippen molar-refractivity contribution in [3.05, 3.63) is 36.0 Å². The summed E-state index contributed by atoms with van der Waals surface area (Å²) in [4.78, 5) is 4.08. The van der Waals surface area contributed by atoms with Crippen molar-refractivity contribution in [3.8, 4) is 0 Å². The van der Waals surface area contributed by atoms with Gasteiger partial charge in [0.15, 0.2) is 5.82 Å². The predicted molar refractivity (Wildman–Crippen MR) is 57.2 cm³/mol. The topological polar surface area (TPSA) is 77.0 Å². The zero-order chi connectivity index (χ0) is 10.7. The van der Waals surface area contributed by atoms with E-state index in [1.165, 1.54) is 0 Å². The zero-order valence-corrected chi connectivity index (χ0v) is 8.40. The number of anilines is 2. The second-order valence-corrected chi connectivity index (χ2v) is 3.21. The van der Waals surface area contributed by atoms with Gasteiger partial charge in [0, 0.05) is 11.4 Å². The number of benzene rings is 1. The van der Waals surface area contributed by atoms with E-state index in [2.05, 4.69) is 15.5 Å². The molecule has 1 aromatic carbocycles. The highest BCUT2D eigenvalue weighted by Crippen LogP contribution is 2.12. The van der Waals surface area contributed by atoms with Gasteiger partial charge in [-0.3, -0.25) is 0 Å². The van der Waals surface area contributed by atoms with Crippen LogP contribution in [-0.2, 0) is 6.54 Å². The van der Waals surface area contributed by atoms with E-state index in [-0.39, 0.29) is 0 Å². The molecule has 0 fully saturated rings. The van der Waals surface area contributed by atoms with E-state index < -0.39 is 0 Å². The number of hydrogen-bond donors (Lipinski definition) is 2. The Morgan fingerprint density at radius 1 is 1.47 bits per heavy atom. The summed E-state index contributed by atoms with van der Waals surface area (Å²) < 4.78 is 4.96. The molecule has 0 aliphatic carbocycles. The third-order valence-corrected chi connectivity index (χ3v) is 1.90. The van der Waals surface area contributed by atoms with Crippen molar-refractivity contribution in [2.24, 2.45) is 0 Å². The largest absolute Gasteiger partial charge is 0.399 e. The number of nitrogens with one attached hydrogen (secondary N) is 1. The van der Waals surface area contributed by atoms with Crippen LogP contribution in [0.4, 0.5) is 11.4 Å². The Morgan fingerprint density at radius 3 is 3.00 bits per heavy atom. The van der Waals surface area contributed by atoms with Crippen molar-refractivity contribution in [2.45, 2.75) is 13.5 Å². The van der Waals surface area contributed by atoms with E-state index in [9.17, 15) is 0 Å². The lowest BCUT2D eigenvalue weighted by Crippen LogP contribution is -2.00. The lowest BCUT2D eigenvalue weighted by molar-refractivity contribution is 0.379. The molecule has 0 unspecified atom stereocenters. The third kappa shape index (κ3) is 2.46. The standard InChI is InChI=1S/C10H12N4O/c1-7-13-10(15-14-7)6-12-9-4-2-3-8(11)5-9/h2-5,12H,6,11H2,1H3. The Labute approximate surface area is 87.3 Å². The minimum absolute atomic E-state index is 0.504. The SMILES string of the molecule is Cc1noc(CNc2cccc(N)c2)n1. The molecule has 3 N–H and O–H groups in total. The molecule has 0 atom stereocenters. The summed E-state index contributed by atoms with van der Waals surface area (Å²) in [6.07, 6.45) is 0. The van der Waals surface area contributed by atoms with E-state index >= 15 is 0 Å². The first-order valence-electron chi connectivity index (χ1n) is 4.62. The van der Waals surface area contributed by atoms with Gasteiger partial charge in [-0.1, -0.05) is 11.2 Å². The molecule has 1 heterocycles. The van der Waals surface area contributed by atoms with Crippen molar-refractivity contribution in [1.29, 1.82) is 0 Å². The highest BCUT2D eigenvalue weighted by molar-refractivity contribution is 5.53. The van der Waals surface area contributed by atoms with Gasteiger partial charge in [-0.15, -0.1) is 0 Å². The number of rotatable bonds is 3. The Morgan fingerprint density at radius 2 is 2.33 bits per heavy atom. The van der Waals surface area contributed by atoms with Crippen LogP contribution in [0.1, 0.15) is 11.7 Å². The molecule has 0 saturated carbocycles. The summed E-state index contributed by atoms with van der Waals surface area (Å²) in [6, 6.07) is 7.50. The van der Waals surface area contributed by atoms with Crippen molar-refractivity contribution in [3.63, 3.8) is 0 Å². The van der Waals surface area contributed by atoms with Crippen molar-refractivity contribution in [2.75, 3.05) is 11.1 Å². The summed E-state index contributed by atoms with van der Waals surface area (Å²) in [7, 11) is 0. The summed E-state index contributed by atoms with van der Waals surface area (Å²) in [5.41, 5.74) is 7.30. The molecule has 2 rings (SSSR count). The van der Waals surface area contributed by atoms with Crippen LogP contribution < -0.4 is 11.1 Å². The van der Waals surface area contributed by atoms with Crippen molar-refractivity contribution in [1.82, 2.24) is 10.1 Å². The lowest BCUT2D eigenvalue weighted by atomic mass is 10.3. The van der Waals surface area contributed by atoms with Gasteiger partial charge in [-0.05, 0) is 25.1 Å². The van der Waals surface area contributed by atoms with Gasteiger partial charge in [0.1, 0.15) is 0 Å². The molecule has 0 spiro atoms. The van der Waals surface area contributed by atoms with Crippen LogP contribution in [-0.4, -0.2) is 10.1 Å². The molecule has 5 nitrogen and oxygen atoms in total. The smallest absolute Gasteiger partial charge is 0.245 e. The van der Waals surface area contributed by atoms with Gasteiger partial charge in [0.2, 0.25) is 5.89 Å². The van der Waals surface area contributed by atoms with Gasteiger partial charge in [-0.25, -0.2) is 0 Å². The minimum atomic E-state index is 0.504. The molecule has 2 aromatic rings. The monoisotopic (exact) mass is 204 g/mol. The van der Waals surface area contributed by atoms with Crippen LogP contribution in [0.3, 0.4) is 0 Å². The highest BCUT2D eigenvalue weighted by atomic mass is 16.5. The number of nitrogen functional groups attached to an aromatic ring is 1. The predicted octanol–water partition coefficient (Wildman–Crippen LogP) is 1.57. The fourth-order valence-electron chi connectivity index (χ4n) is 1.24. The van der Waals surface area contributed by atoms with Crippen molar-refractivity contribution >= 4 is 11.4 Å². The molecule has 15 heavy (non-hydrogen) atoms. The second-order valence-electron chi connectivity index (χ2n) is 3.21. The molecular formula is C10H12N4O. The van der Waals surface area contributed by atoms with Gasteiger partial charge in [-0.2, -0.15) is 4.98 Å². The van der Waals surface area contributed by atoms with Crippen LogP contribution in [0.25, 0.3) is 0 Å². The summed E-state index contributed by atoms with van der Waals surface area (Å²) in [5.74, 6) is 1.20. The maximum absolute atomic E-state index is 5.64. The van der Waals surface area contributed by atoms with Crippen LogP contribution >= 0.6 is 0 Å². The van der Waals surface area contributed by atoms with Crippen LogP contribution in [0.5, 0.6) is 0 Å². The van der Waals surface area contributed by atoms with Gasteiger partial charge in [0.05, 0.1) is 6.54 Å². The molecule has 0 aliphatic rings. The Balaban J connectivity index is 1.99. The number of nitrogens with zero attached hydrogens (tertiary/aromatic N) is 2. The summed E-state index contributed by atoms with van der Waals surface area (Å²) >= 11 is 0.